The number of morpholine rings is 1. The van der Waals surface area contributed by atoms with Crippen LogP contribution in [0.1, 0.15) is 0 Å². The monoisotopic (exact) mass is 429 g/mol. The first-order valence-corrected chi connectivity index (χ1v) is 10.3. The number of aromatic nitrogens is 2. The molecule has 0 saturated carbocycles. The highest BCUT2D eigenvalue weighted by Crippen LogP contribution is 2.24. The first kappa shape index (κ1) is 20.1. The molecule has 2 heterocycles. The van der Waals surface area contributed by atoms with Gasteiger partial charge in [0.15, 0.2) is 0 Å². The molecule has 1 aliphatic rings. The average molecular weight is 430 g/mol. The molecule has 0 radical (unpaired) electrons. The minimum atomic E-state index is -0.113. The molecule has 0 N–H and O–H groups in total. The van der Waals surface area contributed by atoms with E-state index in [9.17, 15) is 4.79 Å². The Bertz CT molecular complexity index is 1030. The van der Waals surface area contributed by atoms with Crippen molar-refractivity contribution in [1.82, 2.24) is 14.7 Å². The van der Waals surface area contributed by atoms with Crippen LogP contribution in [0.5, 0.6) is 0 Å². The summed E-state index contributed by atoms with van der Waals surface area (Å²) in [5.41, 5.74) is 2.94. The third-order valence-electron chi connectivity index (χ3n) is 5.00. The van der Waals surface area contributed by atoms with Gasteiger partial charge in [0.25, 0.3) is 5.56 Å². The zero-order valence-electron chi connectivity index (χ0n) is 15.9. The van der Waals surface area contributed by atoms with E-state index >= 15 is 0 Å². The topological polar surface area (TPSA) is 47.4 Å². The molecule has 0 amide bonds. The molecular weight excluding hydrogens is 409 g/mol. The highest BCUT2D eigenvalue weighted by molar-refractivity contribution is 6.30. The molecule has 1 fully saturated rings. The summed E-state index contributed by atoms with van der Waals surface area (Å²) in [5, 5.41) is 5.93. The van der Waals surface area contributed by atoms with Gasteiger partial charge in [0.05, 0.1) is 31.0 Å². The second kappa shape index (κ2) is 9.09. The summed E-state index contributed by atoms with van der Waals surface area (Å²) in [6, 6.07) is 16.6. The lowest BCUT2D eigenvalue weighted by Crippen LogP contribution is -2.39. The van der Waals surface area contributed by atoms with E-state index in [-0.39, 0.29) is 5.56 Å². The number of ether oxygens (including phenoxy) is 1. The molecule has 0 aliphatic carbocycles. The van der Waals surface area contributed by atoms with Crippen molar-refractivity contribution < 1.29 is 4.74 Å². The maximum atomic E-state index is 13.2. The van der Waals surface area contributed by atoms with Gasteiger partial charge in [0, 0.05) is 35.2 Å². The van der Waals surface area contributed by atoms with Gasteiger partial charge in [-0.1, -0.05) is 47.5 Å². The molecule has 1 aliphatic heterocycles. The van der Waals surface area contributed by atoms with Crippen molar-refractivity contribution in [1.29, 1.82) is 0 Å². The smallest absolute Gasteiger partial charge is 0.274 e. The Morgan fingerprint density at radius 1 is 0.862 bits per heavy atom. The molecule has 1 saturated heterocycles. The van der Waals surface area contributed by atoms with Crippen LogP contribution in [0.4, 0.5) is 0 Å². The molecule has 7 heteroatoms. The van der Waals surface area contributed by atoms with Gasteiger partial charge in [-0.05, 0) is 35.9 Å². The van der Waals surface area contributed by atoms with E-state index in [4.69, 9.17) is 27.9 Å². The van der Waals surface area contributed by atoms with E-state index in [1.54, 1.807) is 16.8 Å². The molecule has 2 aromatic carbocycles. The van der Waals surface area contributed by atoms with Crippen molar-refractivity contribution >= 4 is 23.2 Å². The molecule has 0 bridgehead atoms. The normalized spacial score (nSPS) is 14.8. The quantitative estimate of drug-likeness (QED) is 0.609. The van der Waals surface area contributed by atoms with Crippen LogP contribution in [0.3, 0.4) is 0 Å². The van der Waals surface area contributed by atoms with Crippen LogP contribution in [0, 0.1) is 0 Å². The Labute approximate surface area is 179 Å². The number of nitrogens with zero attached hydrogens (tertiary/aromatic N) is 3. The first-order valence-electron chi connectivity index (χ1n) is 9.54. The minimum absolute atomic E-state index is 0.113. The van der Waals surface area contributed by atoms with Crippen LogP contribution < -0.4 is 5.56 Å². The second-order valence-electron chi connectivity index (χ2n) is 6.94. The van der Waals surface area contributed by atoms with E-state index in [2.05, 4.69) is 10.00 Å². The van der Waals surface area contributed by atoms with Gasteiger partial charge < -0.3 is 4.74 Å². The fraction of sp³-hybridized carbons (Fsp3) is 0.273. The average Bonchev–Trinajstić information content (AvgIpc) is 2.75. The Hall–Kier alpha value is -2.18. The number of benzene rings is 2. The fourth-order valence-electron chi connectivity index (χ4n) is 3.35. The highest BCUT2D eigenvalue weighted by Gasteiger charge is 2.15. The van der Waals surface area contributed by atoms with Gasteiger partial charge >= 0.3 is 0 Å². The van der Waals surface area contributed by atoms with E-state index in [0.29, 0.717) is 22.2 Å². The maximum Gasteiger partial charge on any atom is 0.274 e. The molecule has 3 aromatic rings. The predicted octanol–water partition coefficient (Wildman–Crippen LogP) is 4.22. The zero-order chi connectivity index (χ0) is 20.2. The lowest BCUT2D eigenvalue weighted by atomic mass is 10.0. The molecular formula is C22H21Cl2N3O2. The van der Waals surface area contributed by atoms with Crippen LogP contribution in [-0.4, -0.2) is 47.5 Å². The van der Waals surface area contributed by atoms with Crippen LogP contribution >= 0.6 is 23.2 Å². The van der Waals surface area contributed by atoms with Gasteiger partial charge in [0.2, 0.25) is 0 Å². The van der Waals surface area contributed by atoms with Crippen molar-refractivity contribution in [3.05, 3.63) is 75.0 Å². The third-order valence-corrected chi connectivity index (χ3v) is 5.51. The maximum absolute atomic E-state index is 13.2. The number of hydrogen-bond donors (Lipinski definition) is 0. The van der Waals surface area contributed by atoms with Gasteiger partial charge in [-0.3, -0.25) is 9.69 Å². The molecule has 150 valence electrons. The van der Waals surface area contributed by atoms with Crippen LogP contribution in [0.15, 0.2) is 59.4 Å². The van der Waals surface area contributed by atoms with Crippen molar-refractivity contribution in [2.75, 3.05) is 32.8 Å². The van der Waals surface area contributed by atoms with Crippen LogP contribution in [0.25, 0.3) is 22.4 Å². The number of halogens is 2. The lowest BCUT2D eigenvalue weighted by Gasteiger charge is -2.26. The summed E-state index contributed by atoms with van der Waals surface area (Å²) >= 11 is 12.1. The fourth-order valence-corrected chi connectivity index (χ4v) is 3.60. The predicted molar refractivity (Wildman–Crippen MR) is 117 cm³/mol. The van der Waals surface area contributed by atoms with Gasteiger partial charge in [-0.15, -0.1) is 0 Å². The van der Waals surface area contributed by atoms with Crippen LogP contribution in [0.2, 0.25) is 10.0 Å². The lowest BCUT2D eigenvalue weighted by molar-refractivity contribution is 0.0358. The molecule has 0 unspecified atom stereocenters. The minimum Gasteiger partial charge on any atom is -0.379 e. The summed E-state index contributed by atoms with van der Waals surface area (Å²) in [6.07, 6.45) is 0. The first-order chi connectivity index (χ1) is 14.1. The zero-order valence-corrected chi connectivity index (χ0v) is 17.4. The molecule has 29 heavy (non-hydrogen) atoms. The SMILES string of the molecule is O=c1c(-c2ccc(Cl)cc2)cc(-c2ccc(Cl)cc2)nn1CCN1CCOCC1. The van der Waals surface area contributed by atoms with Crippen molar-refractivity contribution in [2.24, 2.45) is 0 Å². The molecule has 4 rings (SSSR count). The Kier molecular flexibility index (Phi) is 6.31. The molecule has 0 atom stereocenters. The van der Waals surface area contributed by atoms with Crippen LogP contribution in [-0.2, 0) is 11.3 Å². The van der Waals surface area contributed by atoms with Crippen molar-refractivity contribution in [2.45, 2.75) is 6.54 Å². The van der Waals surface area contributed by atoms with E-state index in [0.717, 1.165) is 49.7 Å². The summed E-state index contributed by atoms with van der Waals surface area (Å²) in [6.45, 7) is 4.46. The molecule has 5 nitrogen and oxygen atoms in total. The Balaban J connectivity index is 1.72. The second-order valence-corrected chi connectivity index (χ2v) is 7.81. The molecule has 0 spiro atoms. The van der Waals surface area contributed by atoms with Gasteiger partial charge in [-0.25, -0.2) is 4.68 Å². The van der Waals surface area contributed by atoms with Gasteiger partial charge in [0.1, 0.15) is 0 Å². The van der Waals surface area contributed by atoms with E-state index < -0.39 is 0 Å². The summed E-state index contributed by atoms with van der Waals surface area (Å²) in [5.74, 6) is 0. The highest BCUT2D eigenvalue weighted by atomic mass is 35.5. The van der Waals surface area contributed by atoms with Crippen molar-refractivity contribution in [3.63, 3.8) is 0 Å². The van der Waals surface area contributed by atoms with Gasteiger partial charge in [-0.2, -0.15) is 5.10 Å². The number of rotatable bonds is 5. The largest absolute Gasteiger partial charge is 0.379 e. The summed E-state index contributed by atoms with van der Waals surface area (Å²) in [7, 11) is 0. The standard InChI is InChI=1S/C22H21Cl2N3O2/c23-18-5-1-16(2-6-18)20-15-21(17-3-7-19(24)8-4-17)25-27(22(20)28)10-9-26-11-13-29-14-12-26/h1-8,15H,9-14H2. The summed E-state index contributed by atoms with van der Waals surface area (Å²) < 4.78 is 6.96. The van der Waals surface area contributed by atoms with E-state index in [1.165, 1.54) is 0 Å². The molecule has 1 aromatic heterocycles. The Morgan fingerprint density at radius 3 is 2.07 bits per heavy atom. The van der Waals surface area contributed by atoms with E-state index in [1.807, 2.05) is 42.5 Å². The third kappa shape index (κ3) is 4.87. The Morgan fingerprint density at radius 2 is 1.45 bits per heavy atom. The number of hydrogen-bond acceptors (Lipinski definition) is 4. The summed E-state index contributed by atoms with van der Waals surface area (Å²) in [4.78, 5) is 15.5. The van der Waals surface area contributed by atoms with Crippen molar-refractivity contribution in [3.8, 4) is 22.4 Å².